The summed E-state index contributed by atoms with van der Waals surface area (Å²) in [5.74, 6) is -0.0490. The molecule has 1 heterocycles. The van der Waals surface area contributed by atoms with Crippen LogP contribution >= 0.6 is 11.3 Å². The lowest BCUT2D eigenvalue weighted by Crippen LogP contribution is -2.24. The molecule has 2 aromatic rings. The highest BCUT2D eigenvalue weighted by atomic mass is 32.1. The number of carbonyl (C=O) groups is 2. The number of esters is 1. The van der Waals surface area contributed by atoms with Crippen LogP contribution in [0.1, 0.15) is 43.9 Å². The van der Waals surface area contributed by atoms with E-state index >= 15 is 0 Å². The molecule has 25 heavy (non-hydrogen) atoms. The molecule has 0 unspecified atom stereocenters. The van der Waals surface area contributed by atoms with E-state index in [0.717, 1.165) is 46.3 Å². The lowest BCUT2D eigenvalue weighted by molar-refractivity contribution is -0.137. The average Bonchev–Trinajstić information content (AvgIpc) is 3.03. The number of carbonyl (C=O) groups excluding carboxylic acids is 2. The molecule has 3 rings (SSSR count). The molecule has 1 aromatic heterocycles. The van der Waals surface area contributed by atoms with E-state index in [1.54, 1.807) is 24.3 Å². The van der Waals surface area contributed by atoms with Gasteiger partial charge in [0.2, 0.25) is 5.91 Å². The van der Waals surface area contributed by atoms with Crippen LogP contribution < -0.4 is 5.32 Å². The molecule has 0 saturated heterocycles. The van der Waals surface area contributed by atoms with Crippen molar-refractivity contribution in [2.75, 3.05) is 11.9 Å². The predicted molar refractivity (Wildman–Crippen MR) is 103 cm³/mol. The monoisotopic (exact) mass is 357 g/mol. The van der Waals surface area contributed by atoms with Gasteiger partial charge in [0.05, 0.1) is 6.61 Å². The first-order valence-electron chi connectivity index (χ1n) is 8.85. The number of thiophene rings is 1. The van der Waals surface area contributed by atoms with Crippen molar-refractivity contribution in [3.05, 3.63) is 35.2 Å². The van der Waals surface area contributed by atoms with Gasteiger partial charge in [-0.15, -0.1) is 11.3 Å². The summed E-state index contributed by atoms with van der Waals surface area (Å²) in [6, 6.07) is 7.97. The van der Waals surface area contributed by atoms with Crippen LogP contribution in [0.15, 0.2) is 30.3 Å². The number of amides is 1. The first kappa shape index (κ1) is 17.7. The Morgan fingerprint density at radius 2 is 2.04 bits per heavy atom. The second-order valence-electron chi connectivity index (χ2n) is 6.31. The van der Waals surface area contributed by atoms with Crippen molar-refractivity contribution < 1.29 is 14.3 Å². The Bertz CT molecular complexity index is 787. The Labute approximate surface area is 151 Å². The van der Waals surface area contributed by atoms with Gasteiger partial charge in [0.1, 0.15) is 0 Å². The summed E-state index contributed by atoms with van der Waals surface area (Å²) >= 11 is 1.61. The fraction of sp³-hybridized carbons (Fsp3) is 0.400. The summed E-state index contributed by atoms with van der Waals surface area (Å²) in [5.41, 5.74) is 0.835. The number of benzene rings is 1. The van der Waals surface area contributed by atoms with Crippen molar-refractivity contribution in [3.63, 3.8) is 0 Å². The van der Waals surface area contributed by atoms with Gasteiger partial charge in [-0.1, -0.05) is 19.3 Å². The third-order valence-corrected chi connectivity index (χ3v) is 5.53. The third kappa shape index (κ3) is 4.69. The number of anilines is 1. The Morgan fingerprint density at radius 1 is 1.24 bits per heavy atom. The van der Waals surface area contributed by atoms with Crippen molar-refractivity contribution in [3.8, 4) is 0 Å². The highest BCUT2D eigenvalue weighted by Crippen LogP contribution is 2.30. The number of fused-ring (bicyclic) bond motifs is 1. The van der Waals surface area contributed by atoms with Gasteiger partial charge >= 0.3 is 5.97 Å². The van der Waals surface area contributed by atoms with E-state index in [4.69, 9.17) is 4.74 Å². The van der Waals surface area contributed by atoms with Gasteiger partial charge in [-0.3, -0.25) is 4.79 Å². The summed E-state index contributed by atoms with van der Waals surface area (Å²) in [6.45, 7) is 2.16. The van der Waals surface area contributed by atoms with E-state index in [-0.39, 0.29) is 17.8 Å². The van der Waals surface area contributed by atoms with Crippen LogP contribution in [0, 0.1) is 5.92 Å². The number of rotatable bonds is 5. The minimum atomic E-state index is -0.333. The zero-order valence-corrected chi connectivity index (χ0v) is 15.2. The second kappa shape index (κ2) is 8.30. The maximum Gasteiger partial charge on any atom is 0.330 e. The summed E-state index contributed by atoms with van der Waals surface area (Å²) in [6.07, 6.45) is 8.75. The molecular formula is C20H23NO3S. The summed E-state index contributed by atoms with van der Waals surface area (Å²) in [7, 11) is 0. The van der Waals surface area contributed by atoms with Gasteiger partial charge in [-0.05, 0) is 55.5 Å². The number of hydrogen-bond donors (Lipinski definition) is 1. The van der Waals surface area contributed by atoms with Crippen LogP contribution in [0.2, 0.25) is 0 Å². The van der Waals surface area contributed by atoms with Crippen molar-refractivity contribution in [1.29, 1.82) is 0 Å². The smallest absolute Gasteiger partial charge is 0.330 e. The molecular weight excluding hydrogens is 334 g/mol. The lowest BCUT2D eigenvalue weighted by Gasteiger charge is -2.20. The number of hydrogen-bond acceptors (Lipinski definition) is 4. The zero-order valence-electron chi connectivity index (χ0n) is 14.4. The van der Waals surface area contributed by atoms with Gasteiger partial charge in [-0.2, -0.15) is 0 Å². The fourth-order valence-corrected chi connectivity index (χ4v) is 4.12. The molecule has 1 aromatic carbocycles. The standard InChI is InChI=1S/C20H23NO3S/c1-2-24-19(22)11-9-17-13-15-12-16(8-10-18(15)25-17)21-20(23)14-6-4-3-5-7-14/h8-14H,2-7H2,1H3,(H,21,23)/b11-9+. The largest absolute Gasteiger partial charge is 0.463 e. The number of ether oxygens (including phenoxy) is 1. The molecule has 0 atom stereocenters. The highest BCUT2D eigenvalue weighted by Gasteiger charge is 2.21. The van der Waals surface area contributed by atoms with E-state index in [1.165, 1.54) is 12.5 Å². The molecule has 1 saturated carbocycles. The van der Waals surface area contributed by atoms with Crippen molar-refractivity contribution in [2.24, 2.45) is 5.92 Å². The maximum absolute atomic E-state index is 12.4. The lowest BCUT2D eigenvalue weighted by atomic mass is 9.88. The molecule has 132 valence electrons. The summed E-state index contributed by atoms with van der Waals surface area (Å²) in [5, 5.41) is 4.12. The first-order chi connectivity index (χ1) is 12.2. The van der Waals surface area contributed by atoms with Crippen LogP contribution in [0.25, 0.3) is 16.2 Å². The van der Waals surface area contributed by atoms with Gasteiger partial charge in [0.15, 0.2) is 0 Å². The molecule has 0 radical (unpaired) electrons. The van der Waals surface area contributed by atoms with Gasteiger partial charge < -0.3 is 10.1 Å². The van der Waals surface area contributed by atoms with E-state index in [9.17, 15) is 9.59 Å². The molecule has 0 bridgehead atoms. The zero-order chi connectivity index (χ0) is 17.6. The SMILES string of the molecule is CCOC(=O)/C=C/c1cc2cc(NC(=O)C3CCCCC3)ccc2s1. The van der Waals surface area contributed by atoms with Crippen LogP contribution in [0.4, 0.5) is 5.69 Å². The van der Waals surface area contributed by atoms with Gasteiger partial charge in [0.25, 0.3) is 0 Å². The van der Waals surface area contributed by atoms with E-state index < -0.39 is 0 Å². The second-order valence-corrected chi connectivity index (χ2v) is 7.43. The molecule has 1 amide bonds. The van der Waals surface area contributed by atoms with Crippen LogP contribution in [-0.4, -0.2) is 18.5 Å². The molecule has 0 spiro atoms. The molecule has 1 aliphatic rings. The van der Waals surface area contributed by atoms with Crippen LogP contribution in [-0.2, 0) is 14.3 Å². The minimum Gasteiger partial charge on any atom is -0.463 e. The molecule has 1 fully saturated rings. The first-order valence-corrected chi connectivity index (χ1v) is 9.66. The molecule has 5 heteroatoms. The van der Waals surface area contributed by atoms with E-state index in [0.29, 0.717) is 6.61 Å². The van der Waals surface area contributed by atoms with Gasteiger partial charge in [-0.25, -0.2) is 4.79 Å². The number of nitrogens with one attached hydrogen (secondary N) is 1. The van der Waals surface area contributed by atoms with Crippen molar-refractivity contribution in [2.45, 2.75) is 39.0 Å². The summed E-state index contributed by atoms with van der Waals surface area (Å²) < 4.78 is 6.01. The normalized spacial score (nSPS) is 15.6. The third-order valence-electron chi connectivity index (χ3n) is 4.45. The Kier molecular flexibility index (Phi) is 5.87. The Hall–Kier alpha value is -2.14. The Balaban J connectivity index is 1.69. The molecule has 1 aliphatic carbocycles. The van der Waals surface area contributed by atoms with E-state index in [1.807, 2.05) is 24.3 Å². The topological polar surface area (TPSA) is 55.4 Å². The Morgan fingerprint density at radius 3 is 2.80 bits per heavy atom. The minimum absolute atomic E-state index is 0.136. The molecule has 4 nitrogen and oxygen atoms in total. The van der Waals surface area contributed by atoms with Gasteiger partial charge in [0, 0.05) is 27.3 Å². The van der Waals surface area contributed by atoms with Crippen LogP contribution in [0.3, 0.4) is 0 Å². The predicted octanol–water partition coefficient (Wildman–Crippen LogP) is 5.00. The van der Waals surface area contributed by atoms with Crippen molar-refractivity contribution in [1.82, 2.24) is 0 Å². The molecule has 1 N–H and O–H groups in total. The molecule has 0 aliphatic heterocycles. The summed E-state index contributed by atoms with van der Waals surface area (Å²) in [4.78, 5) is 24.8. The highest BCUT2D eigenvalue weighted by molar-refractivity contribution is 7.19. The van der Waals surface area contributed by atoms with Crippen molar-refractivity contribution >= 4 is 45.1 Å². The quantitative estimate of drug-likeness (QED) is 0.605. The maximum atomic E-state index is 12.4. The van der Waals surface area contributed by atoms with Crippen LogP contribution in [0.5, 0.6) is 0 Å². The average molecular weight is 357 g/mol. The fourth-order valence-electron chi connectivity index (χ4n) is 3.17. The van der Waals surface area contributed by atoms with E-state index in [2.05, 4.69) is 5.32 Å².